The van der Waals surface area contributed by atoms with E-state index in [1.165, 1.54) is 0 Å². The second-order valence-corrected chi connectivity index (χ2v) is 3.90. The van der Waals surface area contributed by atoms with Gasteiger partial charge in [-0.25, -0.2) is 0 Å². The van der Waals surface area contributed by atoms with Gasteiger partial charge in [-0.3, -0.25) is 0 Å². The molecule has 0 aromatic carbocycles. The van der Waals surface area contributed by atoms with Crippen LogP contribution in [0.25, 0.3) is 0 Å². The van der Waals surface area contributed by atoms with E-state index in [0.29, 0.717) is 11.5 Å². The van der Waals surface area contributed by atoms with Gasteiger partial charge in [-0.05, 0) is 26.8 Å². The van der Waals surface area contributed by atoms with Crippen LogP contribution >= 0.6 is 0 Å². The molecule has 0 bridgehead atoms. The third kappa shape index (κ3) is 2.42. The highest BCUT2D eigenvalue weighted by Crippen LogP contribution is 2.37. The Balaban J connectivity index is 2.51. The van der Waals surface area contributed by atoms with Crippen LogP contribution in [0.2, 0.25) is 0 Å². The van der Waals surface area contributed by atoms with E-state index < -0.39 is 0 Å². The normalized spacial score (nSPS) is 33.9. The van der Waals surface area contributed by atoms with Gasteiger partial charge in [0.25, 0.3) is 0 Å². The molecule has 1 aliphatic heterocycles. The van der Waals surface area contributed by atoms with Crippen LogP contribution in [0.5, 0.6) is 0 Å². The fourth-order valence-corrected chi connectivity index (χ4v) is 2.13. The van der Waals surface area contributed by atoms with Crippen molar-refractivity contribution in [2.24, 2.45) is 5.41 Å². The van der Waals surface area contributed by atoms with Crippen LogP contribution in [0.15, 0.2) is 0 Å². The Morgan fingerprint density at radius 1 is 1.62 bits per heavy atom. The van der Waals surface area contributed by atoms with Crippen LogP contribution < -0.4 is 5.32 Å². The molecule has 0 spiro atoms. The van der Waals surface area contributed by atoms with Gasteiger partial charge in [0.1, 0.15) is 0 Å². The maximum Gasteiger partial charge on any atom is 0.0617 e. The standard InChI is InChI=1S/C10H21NO2/c1-9-10(8-11-2,4-6-12-3)5-7-13-9/h9,11H,4-8H2,1-3H3. The fourth-order valence-electron chi connectivity index (χ4n) is 2.13. The number of nitrogens with one attached hydrogen (secondary N) is 1. The van der Waals surface area contributed by atoms with E-state index in [9.17, 15) is 0 Å². The molecule has 1 aliphatic rings. The molecule has 0 aromatic rings. The zero-order valence-electron chi connectivity index (χ0n) is 8.93. The lowest BCUT2D eigenvalue weighted by Gasteiger charge is -2.31. The van der Waals surface area contributed by atoms with Gasteiger partial charge >= 0.3 is 0 Å². The molecule has 1 heterocycles. The monoisotopic (exact) mass is 187 g/mol. The van der Waals surface area contributed by atoms with Gasteiger partial charge in [0.2, 0.25) is 0 Å². The van der Waals surface area contributed by atoms with Crippen molar-refractivity contribution in [3.05, 3.63) is 0 Å². The zero-order valence-corrected chi connectivity index (χ0v) is 8.93. The van der Waals surface area contributed by atoms with E-state index in [0.717, 1.165) is 32.6 Å². The fraction of sp³-hybridized carbons (Fsp3) is 1.00. The smallest absolute Gasteiger partial charge is 0.0617 e. The molecule has 0 radical (unpaired) electrons. The molecule has 0 saturated carbocycles. The number of hydrogen-bond acceptors (Lipinski definition) is 3. The van der Waals surface area contributed by atoms with Crippen molar-refractivity contribution >= 4 is 0 Å². The molecule has 2 atom stereocenters. The Hall–Kier alpha value is -0.120. The first-order valence-electron chi connectivity index (χ1n) is 5.00. The van der Waals surface area contributed by atoms with Gasteiger partial charge in [-0.15, -0.1) is 0 Å². The first-order chi connectivity index (χ1) is 6.25. The molecule has 78 valence electrons. The third-order valence-electron chi connectivity index (χ3n) is 3.16. The van der Waals surface area contributed by atoms with Gasteiger partial charge in [0.15, 0.2) is 0 Å². The zero-order chi connectivity index (χ0) is 9.73. The number of hydrogen-bond donors (Lipinski definition) is 1. The van der Waals surface area contributed by atoms with Gasteiger partial charge in [-0.2, -0.15) is 0 Å². The molecule has 0 aromatic heterocycles. The summed E-state index contributed by atoms with van der Waals surface area (Å²) in [6, 6.07) is 0. The lowest BCUT2D eigenvalue weighted by atomic mass is 9.78. The largest absolute Gasteiger partial charge is 0.385 e. The molecule has 13 heavy (non-hydrogen) atoms. The average molecular weight is 187 g/mol. The van der Waals surface area contributed by atoms with Gasteiger partial charge < -0.3 is 14.8 Å². The Morgan fingerprint density at radius 2 is 2.38 bits per heavy atom. The maximum absolute atomic E-state index is 5.62. The van der Waals surface area contributed by atoms with Crippen LogP contribution in [0.4, 0.5) is 0 Å². The Morgan fingerprint density at radius 3 is 2.85 bits per heavy atom. The van der Waals surface area contributed by atoms with E-state index in [1.807, 2.05) is 7.05 Å². The molecule has 1 N–H and O–H groups in total. The van der Waals surface area contributed by atoms with Crippen LogP contribution in [0, 0.1) is 5.41 Å². The van der Waals surface area contributed by atoms with Crippen LogP contribution in [-0.2, 0) is 9.47 Å². The highest BCUT2D eigenvalue weighted by molar-refractivity contribution is 4.90. The van der Waals surface area contributed by atoms with E-state index >= 15 is 0 Å². The minimum absolute atomic E-state index is 0.296. The predicted molar refractivity (Wildman–Crippen MR) is 52.9 cm³/mol. The van der Waals surface area contributed by atoms with Crippen molar-refractivity contribution in [2.45, 2.75) is 25.9 Å². The van der Waals surface area contributed by atoms with Crippen molar-refractivity contribution in [2.75, 3.05) is 33.9 Å². The quantitative estimate of drug-likeness (QED) is 0.697. The molecule has 2 unspecified atom stereocenters. The van der Waals surface area contributed by atoms with Crippen molar-refractivity contribution < 1.29 is 9.47 Å². The first kappa shape index (κ1) is 11.0. The first-order valence-corrected chi connectivity index (χ1v) is 5.00. The Bertz CT molecular complexity index is 152. The predicted octanol–water partition coefficient (Wildman–Crippen LogP) is 1.04. The number of ether oxygens (including phenoxy) is 2. The average Bonchev–Trinajstić information content (AvgIpc) is 2.46. The summed E-state index contributed by atoms with van der Waals surface area (Å²) in [6.07, 6.45) is 2.60. The molecular weight excluding hydrogens is 166 g/mol. The summed E-state index contributed by atoms with van der Waals surface area (Å²) in [5, 5.41) is 3.25. The second-order valence-electron chi connectivity index (χ2n) is 3.90. The topological polar surface area (TPSA) is 30.5 Å². The second kappa shape index (κ2) is 4.94. The van der Waals surface area contributed by atoms with Crippen LogP contribution in [-0.4, -0.2) is 40.0 Å². The molecule has 3 nitrogen and oxygen atoms in total. The van der Waals surface area contributed by atoms with Gasteiger partial charge in [0.05, 0.1) is 6.10 Å². The SMILES string of the molecule is CNCC1(CCOC)CCOC1C. The minimum atomic E-state index is 0.296. The van der Waals surface area contributed by atoms with E-state index in [2.05, 4.69) is 12.2 Å². The summed E-state index contributed by atoms with van der Waals surface area (Å²) < 4.78 is 10.8. The lowest BCUT2D eigenvalue weighted by molar-refractivity contribution is 0.0430. The summed E-state index contributed by atoms with van der Waals surface area (Å²) in [5.74, 6) is 0. The molecule has 0 aliphatic carbocycles. The van der Waals surface area contributed by atoms with Crippen LogP contribution in [0.1, 0.15) is 19.8 Å². The maximum atomic E-state index is 5.62. The molecule has 3 heteroatoms. The highest BCUT2D eigenvalue weighted by Gasteiger charge is 2.40. The number of rotatable bonds is 5. The highest BCUT2D eigenvalue weighted by atomic mass is 16.5. The third-order valence-corrected chi connectivity index (χ3v) is 3.16. The minimum Gasteiger partial charge on any atom is -0.385 e. The van der Waals surface area contributed by atoms with Crippen molar-refractivity contribution in [1.29, 1.82) is 0 Å². The molecule has 0 amide bonds. The molecule has 1 fully saturated rings. The van der Waals surface area contributed by atoms with E-state index in [4.69, 9.17) is 9.47 Å². The van der Waals surface area contributed by atoms with Gasteiger partial charge in [0, 0.05) is 32.3 Å². The van der Waals surface area contributed by atoms with Crippen LogP contribution in [0.3, 0.4) is 0 Å². The summed E-state index contributed by atoms with van der Waals surface area (Å²) >= 11 is 0. The van der Waals surface area contributed by atoms with Gasteiger partial charge in [-0.1, -0.05) is 0 Å². The van der Waals surface area contributed by atoms with Crippen molar-refractivity contribution in [3.63, 3.8) is 0 Å². The Kier molecular flexibility index (Phi) is 4.16. The molecular formula is C10H21NO2. The molecule has 1 saturated heterocycles. The van der Waals surface area contributed by atoms with Crippen molar-refractivity contribution in [3.8, 4) is 0 Å². The lowest BCUT2D eigenvalue weighted by Crippen LogP contribution is -2.39. The van der Waals surface area contributed by atoms with E-state index in [1.54, 1.807) is 7.11 Å². The van der Waals surface area contributed by atoms with Crippen molar-refractivity contribution in [1.82, 2.24) is 5.32 Å². The summed E-state index contributed by atoms with van der Waals surface area (Å²) in [5.41, 5.74) is 0.296. The Labute approximate surface area is 80.8 Å². The summed E-state index contributed by atoms with van der Waals surface area (Å²) in [6.45, 7) is 4.92. The summed E-state index contributed by atoms with van der Waals surface area (Å²) in [4.78, 5) is 0. The van der Waals surface area contributed by atoms with E-state index in [-0.39, 0.29) is 0 Å². The molecule has 1 rings (SSSR count). The number of methoxy groups -OCH3 is 1. The summed E-state index contributed by atoms with van der Waals surface area (Å²) in [7, 11) is 3.76.